The van der Waals surface area contributed by atoms with Gasteiger partial charge in [0.25, 0.3) is 0 Å². The van der Waals surface area contributed by atoms with E-state index in [1.807, 2.05) is 30.2 Å². The summed E-state index contributed by atoms with van der Waals surface area (Å²) in [6.07, 6.45) is 3.39. The van der Waals surface area contributed by atoms with Crippen LogP contribution in [0.15, 0.2) is 30.5 Å². The SMILES string of the molecule is CC1C(N)CC(=O)N1CCc1c[nH]c2ccccc12. The van der Waals surface area contributed by atoms with Crippen molar-refractivity contribution in [3.63, 3.8) is 0 Å². The minimum Gasteiger partial charge on any atom is -0.361 e. The molecule has 1 aromatic carbocycles. The first-order valence-corrected chi connectivity index (χ1v) is 6.77. The minimum absolute atomic E-state index is 0.0181. The third kappa shape index (κ3) is 2.12. The Morgan fingerprint density at radius 2 is 2.21 bits per heavy atom. The lowest BCUT2D eigenvalue weighted by Gasteiger charge is -2.23. The quantitative estimate of drug-likeness (QED) is 0.878. The monoisotopic (exact) mass is 257 g/mol. The molecule has 0 aliphatic carbocycles. The first-order chi connectivity index (χ1) is 9.16. The lowest BCUT2D eigenvalue weighted by molar-refractivity contribution is -0.128. The molecular weight excluding hydrogens is 238 g/mol. The second-order valence-corrected chi connectivity index (χ2v) is 5.31. The van der Waals surface area contributed by atoms with E-state index in [2.05, 4.69) is 17.1 Å². The molecule has 19 heavy (non-hydrogen) atoms. The van der Waals surface area contributed by atoms with Crippen LogP contribution in [0.4, 0.5) is 0 Å². The summed E-state index contributed by atoms with van der Waals surface area (Å²) in [5.41, 5.74) is 8.34. The Morgan fingerprint density at radius 1 is 1.42 bits per heavy atom. The minimum atomic E-state index is -0.0181. The van der Waals surface area contributed by atoms with Crippen molar-refractivity contribution in [1.82, 2.24) is 9.88 Å². The lowest BCUT2D eigenvalue weighted by Crippen LogP contribution is -2.38. The first kappa shape index (κ1) is 12.2. The normalized spacial score (nSPS) is 23.5. The van der Waals surface area contributed by atoms with Crippen LogP contribution < -0.4 is 5.73 Å². The molecule has 2 atom stereocenters. The fourth-order valence-corrected chi connectivity index (χ4v) is 2.86. The van der Waals surface area contributed by atoms with Crippen molar-refractivity contribution in [2.75, 3.05) is 6.54 Å². The predicted octanol–water partition coefficient (Wildman–Crippen LogP) is 1.66. The Balaban J connectivity index is 1.74. The number of nitrogens with one attached hydrogen (secondary N) is 1. The van der Waals surface area contributed by atoms with Crippen LogP contribution in [0.5, 0.6) is 0 Å². The van der Waals surface area contributed by atoms with E-state index in [-0.39, 0.29) is 18.0 Å². The summed E-state index contributed by atoms with van der Waals surface area (Å²) in [6, 6.07) is 8.38. The van der Waals surface area contributed by atoms with Crippen molar-refractivity contribution < 1.29 is 4.79 Å². The molecule has 100 valence electrons. The number of hydrogen-bond donors (Lipinski definition) is 2. The van der Waals surface area contributed by atoms with Gasteiger partial charge in [-0.2, -0.15) is 0 Å². The molecule has 1 aromatic heterocycles. The molecule has 1 saturated heterocycles. The van der Waals surface area contributed by atoms with Crippen molar-refractivity contribution in [2.24, 2.45) is 5.73 Å². The molecule has 0 saturated carbocycles. The van der Waals surface area contributed by atoms with E-state index in [0.717, 1.165) is 18.5 Å². The molecule has 4 nitrogen and oxygen atoms in total. The van der Waals surface area contributed by atoms with Gasteiger partial charge < -0.3 is 15.6 Å². The fourth-order valence-electron chi connectivity index (χ4n) is 2.86. The Hall–Kier alpha value is -1.81. The van der Waals surface area contributed by atoms with Gasteiger partial charge in [-0.15, -0.1) is 0 Å². The van der Waals surface area contributed by atoms with E-state index in [1.54, 1.807) is 0 Å². The number of amides is 1. The smallest absolute Gasteiger partial charge is 0.224 e. The molecule has 0 spiro atoms. The molecule has 0 radical (unpaired) electrons. The molecule has 1 fully saturated rings. The number of hydrogen-bond acceptors (Lipinski definition) is 2. The second-order valence-electron chi connectivity index (χ2n) is 5.31. The molecule has 1 amide bonds. The maximum Gasteiger partial charge on any atom is 0.224 e. The summed E-state index contributed by atoms with van der Waals surface area (Å²) in [5, 5.41) is 1.24. The Labute approximate surface area is 112 Å². The van der Waals surface area contributed by atoms with Crippen molar-refractivity contribution in [3.05, 3.63) is 36.0 Å². The summed E-state index contributed by atoms with van der Waals surface area (Å²) in [6.45, 7) is 2.78. The van der Waals surface area contributed by atoms with Gasteiger partial charge in [0, 0.05) is 42.1 Å². The molecule has 3 rings (SSSR count). The maximum atomic E-state index is 11.9. The standard InChI is InChI=1S/C15H19N3O/c1-10-13(16)8-15(19)18(10)7-6-11-9-17-14-5-3-2-4-12(11)14/h2-5,9-10,13,17H,6-8,16H2,1H3. The number of benzene rings is 1. The third-order valence-corrected chi connectivity index (χ3v) is 4.14. The van der Waals surface area contributed by atoms with E-state index in [9.17, 15) is 4.79 Å². The van der Waals surface area contributed by atoms with Crippen LogP contribution >= 0.6 is 0 Å². The van der Waals surface area contributed by atoms with Gasteiger partial charge in [-0.25, -0.2) is 0 Å². The highest BCUT2D eigenvalue weighted by molar-refractivity contribution is 5.83. The van der Waals surface area contributed by atoms with Crippen LogP contribution in [0, 0.1) is 0 Å². The van der Waals surface area contributed by atoms with Gasteiger partial charge >= 0.3 is 0 Å². The maximum absolute atomic E-state index is 11.9. The van der Waals surface area contributed by atoms with Gasteiger partial charge in [0.1, 0.15) is 0 Å². The number of carbonyl (C=O) groups is 1. The van der Waals surface area contributed by atoms with Crippen molar-refractivity contribution in [1.29, 1.82) is 0 Å². The number of fused-ring (bicyclic) bond motifs is 1. The fraction of sp³-hybridized carbons (Fsp3) is 0.400. The van der Waals surface area contributed by atoms with Crippen LogP contribution in [0.1, 0.15) is 18.9 Å². The summed E-state index contributed by atoms with van der Waals surface area (Å²) < 4.78 is 0. The second kappa shape index (κ2) is 4.70. The number of nitrogens with two attached hydrogens (primary N) is 1. The van der Waals surface area contributed by atoms with Crippen molar-refractivity contribution >= 4 is 16.8 Å². The van der Waals surface area contributed by atoms with Crippen LogP contribution in [0.3, 0.4) is 0 Å². The number of para-hydroxylation sites is 1. The van der Waals surface area contributed by atoms with Gasteiger partial charge in [0.15, 0.2) is 0 Å². The van der Waals surface area contributed by atoms with E-state index < -0.39 is 0 Å². The average molecular weight is 257 g/mol. The molecule has 3 N–H and O–H groups in total. The number of aromatic amines is 1. The van der Waals surface area contributed by atoms with Crippen LogP contribution in [-0.2, 0) is 11.2 Å². The van der Waals surface area contributed by atoms with Crippen molar-refractivity contribution in [3.8, 4) is 0 Å². The molecular formula is C15H19N3O. The number of aromatic nitrogens is 1. The number of likely N-dealkylation sites (tertiary alicyclic amines) is 1. The van der Waals surface area contributed by atoms with E-state index >= 15 is 0 Å². The zero-order chi connectivity index (χ0) is 13.4. The van der Waals surface area contributed by atoms with E-state index in [0.29, 0.717) is 6.42 Å². The van der Waals surface area contributed by atoms with Crippen LogP contribution in [-0.4, -0.2) is 34.4 Å². The summed E-state index contributed by atoms with van der Waals surface area (Å²) in [7, 11) is 0. The van der Waals surface area contributed by atoms with Gasteiger partial charge in [-0.1, -0.05) is 18.2 Å². The number of nitrogens with zero attached hydrogens (tertiary/aromatic N) is 1. The molecule has 2 unspecified atom stereocenters. The highest BCUT2D eigenvalue weighted by Gasteiger charge is 2.33. The zero-order valence-corrected chi connectivity index (χ0v) is 11.1. The Kier molecular flexibility index (Phi) is 3.03. The number of carbonyl (C=O) groups excluding carboxylic acids is 1. The average Bonchev–Trinajstić information content (AvgIpc) is 2.91. The van der Waals surface area contributed by atoms with Gasteiger partial charge in [-0.3, -0.25) is 4.79 Å². The summed E-state index contributed by atoms with van der Waals surface area (Å²) in [4.78, 5) is 17.0. The zero-order valence-electron chi connectivity index (χ0n) is 11.1. The van der Waals surface area contributed by atoms with Crippen LogP contribution in [0.2, 0.25) is 0 Å². The molecule has 2 aromatic rings. The predicted molar refractivity (Wildman–Crippen MR) is 75.8 cm³/mol. The summed E-state index contributed by atoms with van der Waals surface area (Å²) >= 11 is 0. The van der Waals surface area contributed by atoms with Gasteiger partial charge in [-0.05, 0) is 25.0 Å². The molecule has 2 heterocycles. The van der Waals surface area contributed by atoms with E-state index in [1.165, 1.54) is 10.9 Å². The molecule has 0 bridgehead atoms. The topological polar surface area (TPSA) is 62.1 Å². The lowest BCUT2D eigenvalue weighted by atomic mass is 10.1. The molecule has 1 aliphatic rings. The first-order valence-electron chi connectivity index (χ1n) is 6.77. The third-order valence-electron chi connectivity index (χ3n) is 4.14. The number of H-pyrrole nitrogens is 1. The number of rotatable bonds is 3. The van der Waals surface area contributed by atoms with Gasteiger partial charge in [0.2, 0.25) is 5.91 Å². The Bertz CT molecular complexity index is 604. The molecule has 1 aliphatic heterocycles. The van der Waals surface area contributed by atoms with Crippen molar-refractivity contribution in [2.45, 2.75) is 31.8 Å². The van der Waals surface area contributed by atoms with Gasteiger partial charge in [0.05, 0.1) is 0 Å². The largest absolute Gasteiger partial charge is 0.361 e. The summed E-state index contributed by atoms with van der Waals surface area (Å²) in [5.74, 6) is 0.180. The Morgan fingerprint density at radius 3 is 2.95 bits per heavy atom. The van der Waals surface area contributed by atoms with Crippen LogP contribution in [0.25, 0.3) is 10.9 Å². The molecule has 4 heteroatoms. The highest BCUT2D eigenvalue weighted by atomic mass is 16.2. The van der Waals surface area contributed by atoms with E-state index in [4.69, 9.17) is 5.73 Å². The highest BCUT2D eigenvalue weighted by Crippen LogP contribution is 2.21.